The van der Waals surface area contributed by atoms with Crippen LogP contribution in [0.15, 0.2) is 18.2 Å². The fourth-order valence-corrected chi connectivity index (χ4v) is 1.53. The van der Waals surface area contributed by atoms with Gasteiger partial charge in [-0.3, -0.25) is 4.79 Å². The molecule has 0 atom stereocenters. The van der Waals surface area contributed by atoms with Gasteiger partial charge in [0.2, 0.25) is 5.91 Å². The molecular formula is C12H13F3N2O4. The zero-order valence-electron chi connectivity index (χ0n) is 10.7. The number of alkyl halides is 3. The van der Waals surface area contributed by atoms with Crippen molar-refractivity contribution >= 4 is 17.6 Å². The van der Waals surface area contributed by atoms with Crippen molar-refractivity contribution in [1.82, 2.24) is 0 Å². The summed E-state index contributed by atoms with van der Waals surface area (Å²) >= 11 is 0. The number of benzene rings is 1. The summed E-state index contributed by atoms with van der Waals surface area (Å²) in [6, 6.07) is 3.01. The molecule has 0 bridgehead atoms. The highest BCUT2D eigenvalue weighted by atomic mass is 19.4. The van der Waals surface area contributed by atoms with Crippen LogP contribution in [0.5, 0.6) is 0 Å². The summed E-state index contributed by atoms with van der Waals surface area (Å²) in [6.07, 6.45) is -4.71. The molecule has 0 heterocycles. The minimum Gasteiger partial charge on any atom is -0.480 e. The Morgan fingerprint density at radius 2 is 2.00 bits per heavy atom. The number of carboxylic acids is 1. The van der Waals surface area contributed by atoms with Gasteiger partial charge in [0.25, 0.3) is 0 Å². The van der Waals surface area contributed by atoms with E-state index >= 15 is 0 Å². The number of hydrogen-bond acceptors (Lipinski definition) is 4. The molecule has 0 aliphatic heterocycles. The Morgan fingerprint density at radius 1 is 1.33 bits per heavy atom. The molecule has 1 aromatic carbocycles. The van der Waals surface area contributed by atoms with Crippen LogP contribution in [-0.4, -0.2) is 36.7 Å². The number of primary amides is 1. The zero-order valence-corrected chi connectivity index (χ0v) is 10.7. The summed E-state index contributed by atoms with van der Waals surface area (Å²) in [6.45, 7) is -0.373. The second-order valence-corrected chi connectivity index (χ2v) is 4.00. The Kier molecular flexibility index (Phi) is 5.53. The Labute approximate surface area is 117 Å². The third-order valence-corrected chi connectivity index (χ3v) is 2.39. The Bertz CT molecular complexity index is 532. The van der Waals surface area contributed by atoms with Gasteiger partial charge in [-0.05, 0) is 18.2 Å². The molecule has 1 amide bonds. The van der Waals surface area contributed by atoms with Gasteiger partial charge in [-0.15, -0.1) is 0 Å². The number of halogens is 3. The fourth-order valence-electron chi connectivity index (χ4n) is 1.53. The molecule has 9 heteroatoms. The second kappa shape index (κ2) is 6.93. The highest BCUT2D eigenvalue weighted by molar-refractivity contribution is 5.95. The molecule has 0 radical (unpaired) electrons. The SMILES string of the molecule is NC(=O)c1ccc(NCCOCC(=O)O)cc1C(F)(F)F. The maximum atomic E-state index is 12.8. The van der Waals surface area contributed by atoms with Gasteiger partial charge in [0.15, 0.2) is 0 Å². The van der Waals surface area contributed by atoms with E-state index in [1.54, 1.807) is 0 Å². The van der Waals surface area contributed by atoms with Crippen molar-refractivity contribution in [3.63, 3.8) is 0 Å². The van der Waals surface area contributed by atoms with Crippen molar-refractivity contribution in [1.29, 1.82) is 0 Å². The molecule has 0 aromatic heterocycles. The van der Waals surface area contributed by atoms with Crippen LogP contribution in [0.25, 0.3) is 0 Å². The molecule has 1 aromatic rings. The maximum Gasteiger partial charge on any atom is 0.417 e. The molecule has 0 fully saturated rings. The van der Waals surface area contributed by atoms with Gasteiger partial charge in [0, 0.05) is 12.2 Å². The summed E-state index contributed by atoms with van der Waals surface area (Å²) in [7, 11) is 0. The average molecular weight is 306 g/mol. The third-order valence-electron chi connectivity index (χ3n) is 2.39. The first-order chi connectivity index (χ1) is 9.71. The van der Waals surface area contributed by atoms with E-state index in [4.69, 9.17) is 15.6 Å². The molecule has 1 rings (SSSR count). The van der Waals surface area contributed by atoms with Crippen LogP contribution >= 0.6 is 0 Å². The van der Waals surface area contributed by atoms with Crippen LogP contribution in [0.3, 0.4) is 0 Å². The number of ether oxygens (including phenoxy) is 1. The first-order valence-electron chi connectivity index (χ1n) is 5.76. The number of carbonyl (C=O) groups excluding carboxylic acids is 1. The Hall–Kier alpha value is -2.29. The van der Waals surface area contributed by atoms with E-state index in [0.29, 0.717) is 0 Å². The lowest BCUT2D eigenvalue weighted by Gasteiger charge is -2.13. The van der Waals surface area contributed by atoms with E-state index in [1.807, 2.05) is 0 Å². The van der Waals surface area contributed by atoms with Crippen LogP contribution in [0, 0.1) is 0 Å². The molecular weight excluding hydrogens is 293 g/mol. The van der Waals surface area contributed by atoms with Gasteiger partial charge in [-0.2, -0.15) is 13.2 Å². The lowest BCUT2D eigenvalue weighted by atomic mass is 10.1. The normalized spacial score (nSPS) is 11.2. The van der Waals surface area contributed by atoms with Crippen molar-refractivity contribution in [2.75, 3.05) is 25.1 Å². The first kappa shape index (κ1) is 16.8. The predicted octanol–water partition coefficient (Wildman–Crippen LogP) is 1.32. The summed E-state index contributed by atoms with van der Waals surface area (Å²) in [5.74, 6) is -2.31. The molecule has 4 N–H and O–H groups in total. The number of anilines is 1. The molecule has 21 heavy (non-hydrogen) atoms. The van der Waals surface area contributed by atoms with Crippen LogP contribution in [0.2, 0.25) is 0 Å². The van der Waals surface area contributed by atoms with E-state index < -0.39 is 35.8 Å². The topological polar surface area (TPSA) is 102 Å². The second-order valence-electron chi connectivity index (χ2n) is 4.00. The van der Waals surface area contributed by atoms with Crippen LogP contribution in [0.1, 0.15) is 15.9 Å². The van der Waals surface area contributed by atoms with E-state index in [1.165, 1.54) is 6.07 Å². The van der Waals surface area contributed by atoms with E-state index in [-0.39, 0.29) is 18.8 Å². The molecule has 0 unspecified atom stereocenters. The van der Waals surface area contributed by atoms with E-state index in [0.717, 1.165) is 12.1 Å². The molecule has 6 nitrogen and oxygen atoms in total. The van der Waals surface area contributed by atoms with E-state index in [2.05, 4.69) is 5.32 Å². The molecule has 0 aliphatic rings. The quantitative estimate of drug-likeness (QED) is 0.659. The maximum absolute atomic E-state index is 12.8. The number of carboxylic acid groups (broad SMARTS) is 1. The highest BCUT2D eigenvalue weighted by Crippen LogP contribution is 2.33. The number of amides is 1. The standard InChI is InChI=1S/C12H13F3N2O4/c13-12(14,15)9-5-7(1-2-8(9)11(16)20)17-3-4-21-6-10(18)19/h1-2,5,17H,3-4,6H2,(H2,16,20)(H,18,19). The van der Waals surface area contributed by atoms with Gasteiger partial charge < -0.3 is 20.9 Å². The lowest BCUT2D eigenvalue weighted by molar-refractivity contribution is -0.142. The van der Waals surface area contributed by atoms with Crippen LogP contribution < -0.4 is 11.1 Å². The first-order valence-corrected chi connectivity index (χ1v) is 5.76. The number of hydrogen-bond donors (Lipinski definition) is 3. The summed E-state index contributed by atoms with van der Waals surface area (Å²) in [5, 5.41) is 11.0. The largest absolute Gasteiger partial charge is 0.480 e. The number of nitrogens with one attached hydrogen (secondary N) is 1. The Morgan fingerprint density at radius 3 is 2.52 bits per heavy atom. The average Bonchev–Trinajstić information content (AvgIpc) is 2.36. The summed E-state index contributed by atoms with van der Waals surface area (Å²) in [4.78, 5) is 21.1. The summed E-state index contributed by atoms with van der Waals surface area (Å²) in [5.41, 5.74) is 3.26. The van der Waals surface area contributed by atoms with Crippen molar-refractivity contribution in [3.05, 3.63) is 29.3 Å². The van der Waals surface area contributed by atoms with Gasteiger partial charge in [0.1, 0.15) is 6.61 Å². The van der Waals surface area contributed by atoms with Crippen LogP contribution in [-0.2, 0) is 15.7 Å². The van der Waals surface area contributed by atoms with Gasteiger partial charge in [0.05, 0.1) is 17.7 Å². The minimum absolute atomic E-state index is 0.00518. The molecule has 0 saturated carbocycles. The molecule has 116 valence electrons. The monoisotopic (exact) mass is 306 g/mol. The molecule has 0 aliphatic carbocycles. The van der Waals surface area contributed by atoms with Crippen molar-refractivity contribution < 1.29 is 32.6 Å². The smallest absolute Gasteiger partial charge is 0.417 e. The predicted molar refractivity (Wildman–Crippen MR) is 66.9 cm³/mol. The highest BCUT2D eigenvalue weighted by Gasteiger charge is 2.35. The minimum atomic E-state index is -4.71. The zero-order chi connectivity index (χ0) is 16.0. The number of rotatable bonds is 7. The lowest BCUT2D eigenvalue weighted by Crippen LogP contribution is -2.19. The van der Waals surface area contributed by atoms with Crippen molar-refractivity contribution in [2.45, 2.75) is 6.18 Å². The number of carbonyl (C=O) groups is 2. The number of aliphatic carboxylic acids is 1. The van der Waals surface area contributed by atoms with Gasteiger partial charge in [-0.25, -0.2) is 4.79 Å². The number of nitrogens with two attached hydrogens (primary N) is 1. The molecule has 0 spiro atoms. The molecule has 0 saturated heterocycles. The summed E-state index contributed by atoms with van der Waals surface area (Å²) < 4.78 is 43.1. The van der Waals surface area contributed by atoms with Crippen LogP contribution in [0.4, 0.5) is 18.9 Å². The van der Waals surface area contributed by atoms with Gasteiger partial charge >= 0.3 is 12.1 Å². The third kappa shape index (κ3) is 5.30. The van der Waals surface area contributed by atoms with Gasteiger partial charge in [-0.1, -0.05) is 0 Å². The fraction of sp³-hybridized carbons (Fsp3) is 0.333. The Balaban J connectivity index is 2.73. The van der Waals surface area contributed by atoms with E-state index in [9.17, 15) is 22.8 Å². The van der Waals surface area contributed by atoms with Crippen molar-refractivity contribution in [2.24, 2.45) is 5.73 Å². The van der Waals surface area contributed by atoms with Crippen molar-refractivity contribution in [3.8, 4) is 0 Å².